The molecule has 2 aromatic rings. The third-order valence-corrected chi connectivity index (χ3v) is 4.46. The van der Waals surface area contributed by atoms with E-state index in [9.17, 15) is 0 Å². The monoisotopic (exact) mass is 277 g/mol. The number of nitrogens with two attached hydrogens (primary N) is 1. The van der Waals surface area contributed by atoms with E-state index in [4.69, 9.17) is 17.3 Å². The molecule has 1 nitrogen and oxygen atoms in total. The van der Waals surface area contributed by atoms with Gasteiger partial charge in [0.15, 0.2) is 0 Å². The first-order valence-corrected chi connectivity index (χ1v) is 7.03. The number of halogens is 1. The lowest BCUT2D eigenvalue weighted by molar-refractivity contribution is 1.07. The average Bonchev–Trinajstić information content (AvgIpc) is 2.36. The summed E-state index contributed by atoms with van der Waals surface area (Å²) >= 11 is 7.98. The lowest BCUT2D eigenvalue weighted by Gasteiger charge is -2.09. The van der Waals surface area contributed by atoms with Gasteiger partial charge in [0.2, 0.25) is 0 Å². The zero-order chi connectivity index (χ0) is 13.1. The van der Waals surface area contributed by atoms with Crippen molar-refractivity contribution in [3.05, 3.63) is 58.1 Å². The molecule has 0 aliphatic rings. The Morgan fingerprint density at radius 3 is 2.50 bits per heavy atom. The third-order valence-electron chi connectivity index (χ3n) is 2.80. The van der Waals surface area contributed by atoms with Crippen LogP contribution in [0.1, 0.15) is 16.7 Å². The van der Waals surface area contributed by atoms with Crippen molar-refractivity contribution in [1.82, 2.24) is 0 Å². The predicted octanol–water partition coefficient (Wildman–Crippen LogP) is 4.57. The minimum absolute atomic E-state index is 0.522. The van der Waals surface area contributed by atoms with Crippen LogP contribution in [0.3, 0.4) is 0 Å². The number of rotatable bonds is 3. The van der Waals surface area contributed by atoms with Crippen molar-refractivity contribution in [3.8, 4) is 0 Å². The molecule has 0 spiro atoms. The van der Waals surface area contributed by atoms with Gasteiger partial charge in [0.05, 0.1) is 5.02 Å². The van der Waals surface area contributed by atoms with Crippen molar-refractivity contribution < 1.29 is 0 Å². The molecular formula is C15H16ClNS. The molecular weight excluding hydrogens is 262 g/mol. The SMILES string of the molecule is Cc1ccc(C)c(Sc2ccc(CN)cc2Cl)c1. The molecule has 2 aromatic carbocycles. The third kappa shape index (κ3) is 3.08. The van der Waals surface area contributed by atoms with Crippen LogP contribution in [0.15, 0.2) is 46.2 Å². The fourth-order valence-corrected chi connectivity index (χ4v) is 3.01. The van der Waals surface area contributed by atoms with E-state index in [-0.39, 0.29) is 0 Å². The van der Waals surface area contributed by atoms with Crippen LogP contribution < -0.4 is 5.73 Å². The minimum atomic E-state index is 0.522. The van der Waals surface area contributed by atoms with Crippen LogP contribution in [0, 0.1) is 13.8 Å². The molecule has 0 fully saturated rings. The number of hydrogen-bond donors (Lipinski definition) is 1. The maximum atomic E-state index is 6.27. The van der Waals surface area contributed by atoms with Gasteiger partial charge in [-0.25, -0.2) is 0 Å². The summed E-state index contributed by atoms with van der Waals surface area (Å²) in [7, 11) is 0. The topological polar surface area (TPSA) is 26.0 Å². The van der Waals surface area contributed by atoms with Gasteiger partial charge in [0, 0.05) is 16.3 Å². The lowest BCUT2D eigenvalue weighted by atomic mass is 10.2. The van der Waals surface area contributed by atoms with Gasteiger partial charge in [-0.15, -0.1) is 0 Å². The second kappa shape index (κ2) is 5.79. The maximum Gasteiger partial charge on any atom is 0.0548 e. The van der Waals surface area contributed by atoms with Gasteiger partial charge in [-0.05, 0) is 48.7 Å². The first-order chi connectivity index (χ1) is 8.60. The van der Waals surface area contributed by atoms with Crippen molar-refractivity contribution in [2.45, 2.75) is 30.2 Å². The highest BCUT2D eigenvalue weighted by atomic mass is 35.5. The highest BCUT2D eigenvalue weighted by Crippen LogP contribution is 2.35. The quantitative estimate of drug-likeness (QED) is 0.890. The van der Waals surface area contributed by atoms with Crippen molar-refractivity contribution in [3.63, 3.8) is 0 Å². The van der Waals surface area contributed by atoms with Crippen LogP contribution in [0.4, 0.5) is 0 Å². The van der Waals surface area contributed by atoms with Crippen molar-refractivity contribution in [2.75, 3.05) is 0 Å². The fourth-order valence-electron chi connectivity index (χ4n) is 1.69. The van der Waals surface area contributed by atoms with Crippen LogP contribution in [-0.4, -0.2) is 0 Å². The molecule has 0 saturated heterocycles. The van der Waals surface area contributed by atoms with Crippen LogP contribution in [0.2, 0.25) is 5.02 Å². The van der Waals surface area contributed by atoms with Crippen molar-refractivity contribution >= 4 is 23.4 Å². The predicted molar refractivity (Wildman–Crippen MR) is 79.4 cm³/mol. The zero-order valence-corrected chi connectivity index (χ0v) is 12.1. The van der Waals surface area contributed by atoms with Crippen molar-refractivity contribution in [2.24, 2.45) is 5.73 Å². The summed E-state index contributed by atoms with van der Waals surface area (Å²) in [6.07, 6.45) is 0. The second-order valence-corrected chi connectivity index (χ2v) is 5.83. The molecule has 0 aliphatic heterocycles. The van der Waals surface area contributed by atoms with Crippen molar-refractivity contribution in [1.29, 1.82) is 0 Å². The average molecular weight is 278 g/mol. The molecule has 94 valence electrons. The Balaban J connectivity index is 2.31. The lowest BCUT2D eigenvalue weighted by Crippen LogP contribution is -1.95. The molecule has 2 N–H and O–H groups in total. The summed E-state index contributed by atoms with van der Waals surface area (Å²) in [5, 5.41) is 0.767. The van der Waals surface area contributed by atoms with E-state index < -0.39 is 0 Å². The van der Waals surface area contributed by atoms with Gasteiger partial charge in [-0.2, -0.15) is 0 Å². The first-order valence-electron chi connectivity index (χ1n) is 5.84. The fraction of sp³-hybridized carbons (Fsp3) is 0.200. The van der Waals surface area contributed by atoms with E-state index in [1.165, 1.54) is 16.0 Å². The Morgan fingerprint density at radius 1 is 1.06 bits per heavy atom. The largest absolute Gasteiger partial charge is 0.326 e. The Bertz CT molecular complexity index is 566. The highest BCUT2D eigenvalue weighted by Gasteiger charge is 2.06. The summed E-state index contributed by atoms with van der Waals surface area (Å²) in [4.78, 5) is 2.32. The minimum Gasteiger partial charge on any atom is -0.326 e. The number of aryl methyl sites for hydroxylation is 2. The molecule has 0 amide bonds. The van der Waals surface area contributed by atoms with E-state index in [2.05, 4.69) is 32.0 Å². The smallest absolute Gasteiger partial charge is 0.0548 e. The standard InChI is InChI=1S/C15H16ClNS/c1-10-3-4-11(2)15(7-10)18-14-6-5-12(9-17)8-13(14)16/h3-8H,9,17H2,1-2H3. The van der Waals surface area contributed by atoms with Gasteiger partial charge in [-0.1, -0.05) is 41.6 Å². The van der Waals surface area contributed by atoms with Crippen LogP contribution in [0.5, 0.6) is 0 Å². The Morgan fingerprint density at radius 2 is 1.83 bits per heavy atom. The van der Waals surface area contributed by atoms with Crippen LogP contribution in [-0.2, 0) is 6.54 Å². The summed E-state index contributed by atoms with van der Waals surface area (Å²) < 4.78 is 0. The molecule has 18 heavy (non-hydrogen) atoms. The molecule has 0 aliphatic carbocycles. The van der Waals surface area contributed by atoms with Gasteiger partial charge in [0.25, 0.3) is 0 Å². The molecule has 0 radical (unpaired) electrons. The molecule has 0 heterocycles. The van der Waals surface area contributed by atoms with Crippen LogP contribution in [0.25, 0.3) is 0 Å². The maximum absolute atomic E-state index is 6.27. The van der Waals surface area contributed by atoms with Gasteiger partial charge in [-0.3, -0.25) is 0 Å². The Hall–Kier alpha value is -0.960. The van der Waals surface area contributed by atoms with Crippen LogP contribution >= 0.6 is 23.4 Å². The number of hydrogen-bond acceptors (Lipinski definition) is 2. The first kappa shape index (κ1) is 13.5. The summed E-state index contributed by atoms with van der Waals surface area (Å²) in [5.41, 5.74) is 9.19. The van der Waals surface area contributed by atoms with Gasteiger partial charge >= 0.3 is 0 Å². The van der Waals surface area contributed by atoms with E-state index in [1.54, 1.807) is 11.8 Å². The molecule has 0 aromatic heterocycles. The summed E-state index contributed by atoms with van der Waals surface area (Å²) in [6, 6.07) is 12.5. The molecule has 0 atom stereocenters. The van der Waals surface area contributed by atoms with E-state index in [0.717, 1.165) is 15.5 Å². The summed E-state index contributed by atoms with van der Waals surface area (Å²) in [5.74, 6) is 0. The normalized spacial score (nSPS) is 10.7. The van der Waals surface area contributed by atoms with E-state index in [1.807, 2.05) is 18.2 Å². The Kier molecular flexibility index (Phi) is 4.33. The molecule has 0 bridgehead atoms. The summed E-state index contributed by atoms with van der Waals surface area (Å²) in [6.45, 7) is 4.74. The molecule has 2 rings (SSSR count). The molecule has 0 saturated carbocycles. The number of benzene rings is 2. The zero-order valence-electron chi connectivity index (χ0n) is 10.5. The van der Waals surface area contributed by atoms with Gasteiger partial charge < -0.3 is 5.73 Å². The molecule has 3 heteroatoms. The Labute approximate surface area is 117 Å². The highest BCUT2D eigenvalue weighted by molar-refractivity contribution is 7.99. The molecule has 0 unspecified atom stereocenters. The van der Waals surface area contributed by atoms with E-state index >= 15 is 0 Å². The second-order valence-electron chi connectivity index (χ2n) is 4.34. The van der Waals surface area contributed by atoms with E-state index in [0.29, 0.717) is 6.54 Å². The van der Waals surface area contributed by atoms with Gasteiger partial charge in [0.1, 0.15) is 0 Å².